The fourth-order valence-corrected chi connectivity index (χ4v) is 2.27. The maximum Gasteiger partial charge on any atom is 0.0636 e. The van der Waals surface area contributed by atoms with E-state index in [4.69, 9.17) is 4.74 Å². The third-order valence-electron chi connectivity index (χ3n) is 3.38. The van der Waals surface area contributed by atoms with Crippen molar-refractivity contribution in [3.05, 3.63) is 0 Å². The van der Waals surface area contributed by atoms with Gasteiger partial charge >= 0.3 is 0 Å². The molecule has 90 valence electrons. The predicted molar refractivity (Wildman–Crippen MR) is 64.2 cm³/mol. The van der Waals surface area contributed by atoms with Gasteiger partial charge in [-0.2, -0.15) is 0 Å². The number of nitrogens with one attached hydrogen (secondary N) is 1. The molecule has 1 aliphatic rings. The number of ether oxygens (including phenoxy) is 1. The minimum absolute atomic E-state index is 0.556. The molecule has 1 N–H and O–H groups in total. The van der Waals surface area contributed by atoms with Crippen molar-refractivity contribution in [2.75, 3.05) is 33.9 Å². The Balaban J connectivity index is 2.31. The molecular weight excluding hydrogens is 188 g/mol. The van der Waals surface area contributed by atoms with Crippen LogP contribution in [0, 0.1) is 0 Å². The molecule has 1 rings (SSSR count). The minimum Gasteiger partial charge on any atom is -0.380 e. The van der Waals surface area contributed by atoms with Gasteiger partial charge in [-0.1, -0.05) is 19.8 Å². The van der Waals surface area contributed by atoms with Gasteiger partial charge < -0.3 is 10.1 Å². The molecule has 1 aliphatic heterocycles. The number of likely N-dealkylation sites (N-methyl/N-ethyl adjacent to an activating group) is 2. The zero-order valence-electron chi connectivity index (χ0n) is 10.5. The van der Waals surface area contributed by atoms with Crippen LogP contribution in [0.25, 0.3) is 0 Å². The molecule has 0 aromatic rings. The minimum atomic E-state index is 0.556. The summed E-state index contributed by atoms with van der Waals surface area (Å²) >= 11 is 0. The monoisotopic (exact) mass is 214 g/mol. The van der Waals surface area contributed by atoms with Crippen LogP contribution in [-0.4, -0.2) is 50.8 Å². The van der Waals surface area contributed by atoms with Gasteiger partial charge in [-0.05, 0) is 33.5 Å². The Hall–Kier alpha value is -0.120. The molecule has 3 heteroatoms. The summed E-state index contributed by atoms with van der Waals surface area (Å²) in [6.45, 7) is 5.24. The Morgan fingerprint density at radius 3 is 2.87 bits per heavy atom. The van der Waals surface area contributed by atoms with Gasteiger partial charge in [0.25, 0.3) is 0 Å². The van der Waals surface area contributed by atoms with Gasteiger partial charge in [-0.25, -0.2) is 0 Å². The Bertz CT molecular complexity index is 164. The average Bonchev–Trinajstić information content (AvgIpc) is 2.29. The van der Waals surface area contributed by atoms with Crippen LogP contribution in [0.3, 0.4) is 0 Å². The molecule has 2 atom stereocenters. The van der Waals surface area contributed by atoms with Crippen LogP contribution in [-0.2, 0) is 4.74 Å². The van der Waals surface area contributed by atoms with E-state index in [-0.39, 0.29) is 0 Å². The summed E-state index contributed by atoms with van der Waals surface area (Å²) < 4.78 is 5.56. The Kier molecular flexibility index (Phi) is 6.22. The molecule has 0 aromatic carbocycles. The lowest BCUT2D eigenvalue weighted by atomic mass is 10.0. The summed E-state index contributed by atoms with van der Waals surface area (Å²) in [6.07, 6.45) is 5.08. The van der Waals surface area contributed by atoms with E-state index in [2.05, 4.69) is 31.2 Å². The van der Waals surface area contributed by atoms with Crippen LogP contribution in [0.15, 0.2) is 0 Å². The summed E-state index contributed by atoms with van der Waals surface area (Å²) in [7, 11) is 4.28. The molecule has 2 unspecified atom stereocenters. The maximum atomic E-state index is 5.56. The summed E-state index contributed by atoms with van der Waals surface area (Å²) in [5.41, 5.74) is 0. The van der Waals surface area contributed by atoms with Crippen molar-refractivity contribution in [2.24, 2.45) is 0 Å². The SMILES string of the molecule is CCCCCN(C)C1COCCC1NC. The Morgan fingerprint density at radius 1 is 1.40 bits per heavy atom. The van der Waals surface area contributed by atoms with Crippen molar-refractivity contribution in [3.8, 4) is 0 Å². The lowest BCUT2D eigenvalue weighted by Crippen LogP contribution is -2.53. The molecule has 0 bridgehead atoms. The highest BCUT2D eigenvalue weighted by Gasteiger charge is 2.27. The molecule has 0 aliphatic carbocycles. The van der Waals surface area contributed by atoms with E-state index in [1.807, 2.05) is 0 Å². The highest BCUT2D eigenvalue weighted by Crippen LogP contribution is 2.13. The van der Waals surface area contributed by atoms with E-state index in [1.54, 1.807) is 0 Å². The molecule has 0 saturated carbocycles. The van der Waals surface area contributed by atoms with Crippen molar-refractivity contribution in [1.82, 2.24) is 10.2 Å². The van der Waals surface area contributed by atoms with E-state index in [1.165, 1.54) is 25.8 Å². The maximum absolute atomic E-state index is 5.56. The van der Waals surface area contributed by atoms with Crippen LogP contribution in [0.4, 0.5) is 0 Å². The zero-order chi connectivity index (χ0) is 11.1. The largest absolute Gasteiger partial charge is 0.380 e. The molecule has 15 heavy (non-hydrogen) atoms. The number of unbranched alkanes of at least 4 members (excludes halogenated alkanes) is 2. The van der Waals surface area contributed by atoms with Crippen LogP contribution < -0.4 is 5.32 Å². The van der Waals surface area contributed by atoms with Gasteiger partial charge in [0.1, 0.15) is 0 Å². The second-order valence-corrected chi connectivity index (χ2v) is 4.51. The third-order valence-corrected chi connectivity index (χ3v) is 3.38. The Labute approximate surface area is 94.2 Å². The number of hydrogen-bond donors (Lipinski definition) is 1. The van der Waals surface area contributed by atoms with Crippen LogP contribution >= 0.6 is 0 Å². The second kappa shape index (κ2) is 7.20. The molecule has 0 spiro atoms. The topological polar surface area (TPSA) is 24.5 Å². The summed E-state index contributed by atoms with van der Waals surface area (Å²) in [5.74, 6) is 0. The molecule has 1 heterocycles. The zero-order valence-corrected chi connectivity index (χ0v) is 10.5. The first-order valence-corrected chi connectivity index (χ1v) is 6.24. The van der Waals surface area contributed by atoms with E-state index in [0.29, 0.717) is 12.1 Å². The van der Waals surface area contributed by atoms with E-state index >= 15 is 0 Å². The first kappa shape index (κ1) is 12.9. The van der Waals surface area contributed by atoms with Crippen molar-refractivity contribution in [3.63, 3.8) is 0 Å². The highest BCUT2D eigenvalue weighted by atomic mass is 16.5. The van der Waals surface area contributed by atoms with Gasteiger partial charge in [-0.15, -0.1) is 0 Å². The molecular formula is C12H26N2O. The standard InChI is InChI=1S/C12H26N2O/c1-4-5-6-8-14(3)12-10-15-9-7-11(12)13-2/h11-13H,4-10H2,1-3H3. The van der Waals surface area contributed by atoms with Crippen LogP contribution in [0.2, 0.25) is 0 Å². The third kappa shape index (κ3) is 4.09. The van der Waals surface area contributed by atoms with Crippen LogP contribution in [0.5, 0.6) is 0 Å². The van der Waals surface area contributed by atoms with E-state index in [9.17, 15) is 0 Å². The van der Waals surface area contributed by atoms with Gasteiger partial charge in [0.15, 0.2) is 0 Å². The Morgan fingerprint density at radius 2 is 2.20 bits per heavy atom. The normalized spacial score (nSPS) is 27.2. The van der Waals surface area contributed by atoms with Gasteiger partial charge in [0, 0.05) is 18.7 Å². The first-order chi connectivity index (χ1) is 7.29. The van der Waals surface area contributed by atoms with Crippen molar-refractivity contribution in [2.45, 2.75) is 44.7 Å². The molecule has 0 radical (unpaired) electrons. The predicted octanol–water partition coefficient (Wildman–Crippen LogP) is 1.49. The molecule has 1 fully saturated rings. The smallest absolute Gasteiger partial charge is 0.0636 e. The van der Waals surface area contributed by atoms with Crippen molar-refractivity contribution in [1.29, 1.82) is 0 Å². The second-order valence-electron chi connectivity index (χ2n) is 4.51. The average molecular weight is 214 g/mol. The molecule has 3 nitrogen and oxygen atoms in total. The number of hydrogen-bond acceptors (Lipinski definition) is 3. The van der Waals surface area contributed by atoms with Crippen LogP contribution in [0.1, 0.15) is 32.6 Å². The van der Waals surface area contributed by atoms with E-state index in [0.717, 1.165) is 19.6 Å². The van der Waals surface area contributed by atoms with Gasteiger partial charge in [0.2, 0.25) is 0 Å². The number of rotatable bonds is 6. The summed E-state index contributed by atoms with van der Waals surface area (Å²) in [4.78, 5) is 2.45. The molecule has 0 aromatic heterocycles. The highest BCUT2D eigenvalue weighted by molar-refractivity contribution is 4.85. The quantitative estimate of drug-likeness (QED) is 0.678. The van der Waals surface area contributed by atoms with Gasteiger partial charge in [0.05, 0.1) is 6.61 Å². The number of nitrogens with zero attached hydrogens (tertiary/aromatic N) is 1. The summed E-state index contributed by atoms with van der Waals surface area (Å²) in [5, 5.41) is 3.40. The summed E-state index contributed by atoms with van der Waals surface area (Å²) in [6, 6.07) is 1.16. The van der Waals surface area contributed by atoms with E-state index < -0.39 is 0 Å². The fourth-order valence-electron chi connectivity index (χ4n) is 2.27. The first-order valence-electron chi connectivity index (χ1n) is 6.24. The fraction of sp³-hybridized carbons (Fsp3) is 1.00. The molecule has 1 saturated heterocycles. The van der Waals surface area contributed by atoms with Crippen molar-refractivity contribution < 1.29 is 4.74 Å². The van der Waals surface area contributed by atoms with Crippen molar-refractivity contribution >= 4 is 0 Å². The lowest BCUT2D eigenvalue weighted by molar-refractivity contribution is 0.00745. The lowest BCUT2D eigenvalue weighted by Gasteiger charge is -2.37. The molecule has 0 amide bonds. The van der Waals surface area contributed by atoms with Gasteiger partial charge in [-0.3, -0.25) is 4.90 Å².